The molecule has 0 unspecified atom stereocenters. The first-order chi connectivity index (χ1) is 15.9. The fourth-order valence-corrected chi connectivity index (χ4v) is 4.24. The van der Waals surface area contributed by atoms with Gasteiger partial charge in [0.15, 0.2) is 11.6 Å². The van der Waals surface area contributed by atoms with E-state index in [1.54, 1.807) is 37.1 Å². The highest BCUT2D eigenvalue weighted by Gasteiger charge is 2.15. The Bertz CT molecular complexity index is 1350. The maximum atomic E-state index is 12.6. The molecule has 8 heteroatoms. The highest BCUT2D eigenvalue weighted by Crippen LogP contribution is 2.31. The van der Waals surface area contributed by atoms with Crippen molar-refractivity contribution in [2.24, 2.45) is 0 Å². The molecule has 2 aromatic carbocycles. The number of hydrogen-bond donors (Lipinski definition) is 2. The van der Waals surface area contributed by atoms with Gasteiger partial charge < -0.3 is 10.3 Å². The normalized spacial score (nSPS) is 10.8. The second-order valence-electron chi connectivity index (χ2n) is 7.67. The molecule has 2 aromatic heterocycles. The predicted octanol–water partition coefficient (Wildman–Crippen LogP) is 4.48. The zero-order chi connectivity index (χ0) is 23.4. The zero-order valence-electron chi connectivity index (χ0n) is 18.5. The summed E-state index contributed by atoms with van der Waals surface area (Å²) < 4.78 is 0. The Morgan fingerprint density at radius 1 is 1.03 bits per heavy atom. The van der Waals surface area contributed by atoms with Crippen LogP contribution in [0.3, 0.4) is 0 Å². The Balaban J connectivity index is 1.42. The number of rotatable bonds is 6. The predicted molar refractivity (Wildman–Crippen MR) is 129 cm³/mol. The summed E-state index contributed by atoms with van der Waals surface area (Å²) in [4.78, 5) is 42.6. The molecule has 7 nitrogen and oxygen atoms in total. The number of H-pyrrole nitrogens is 1. The van der Waals surface area contributed by atoms with E-state index in [0.717, 1.165) is 4.90 Å². The number of carbonyl (C=O) groups is 1. The summed E-state index contributed by atoms with van der Waals surface area (Å²) in [6, 6.07) is 15.7. The molecule has 1 amide bonds. The van der Waals surface area contributed by atoms with Crippen molar-refractivity contribution in [3.05, 3.63) is 93.7 Å². The van der Waals surface area contributed by atoms with Crippen LogP contribution < -0.4 is 10.9 Å². The van der Waals surface area contributed by atoms with Gasteiger partial charge in [-0.1, -0.05) is 29.5 Å². The first-order valence-electron chi connectivity index (χ1n) is 10.4. The molecule has 0 atom stereocenters. The number of nitrogens with one attached hydrogen (secondary N) is 2. The topological polar surface area (TPSA) is 101 Å². The number of hydrogen-bond acceptors (Lipinski definition) is 6. The third-order valence-corrected chi connectivity index (χ3v) is 6.22. The van der Waals surface area contributed by atoms with Gasteiger partial charge in [-0.25, -0.2) is 15.0 Å². The Morgan fingerprint density at radius 2 is 1.76 bits per heavy atom. The standard InChI is InChI=1S/C25H23N5O2S/c1-15-5-10-21(16(2)13-15)33-19-8-6-18(7-9-19)29-22(31)14-20-17(3)28-24(30-25(20)32)23-26-11-4-12-27-23/h4-13H,14H2,1-3H3,(H,29,31)(H,28,30,32). The average molecular weight is 458 g/mol. The van der Waals surface area contributed by atoms with E-state index >= 15 is 0 Å². The fraction of sp³-hybridized carbons (Fsp3) is 0.160. The monoisotopic (exact) mass is 457 g/mol. The molecule has 0 saturated heterocycles. The number of aromatic amines is 1. The van der Waals surface area contributed by atoms with Crippen LogP contribution in [0.1, 0.15) is 22.4 Å². The SMILES string of the molecule is Cc1ccc(Sc2ccc(NC(=O)Cc3c(C)nc(-c4ncccn4)[nH]c3=O)cc2)c(C)c1. The van der Waals surface area contributed by atoms with Gasteiger partial charge in [0, 0.05) is 39.1 Å². The Kier molecular flexibility index (Phi) is 6.65. The zero-order valence-corrected chi connectivity index (χ0v) is 19.4. The number of nitrogens with zero attached hydrogens (tertiary/aromatic N) is 3. The quantitative estimate of drug-likeness (QED) is 0.443. The maximum Gasteiger partial charge on any atom is 0.255 e. The second-order valence-corrected chi connectivity index (χ2v) is 8.79. The van der Waals surface area contributed by atoms with Crippen LogP contribution in [-0.4, -0.2) is 25.8 Å². The van der Waals surface area contributed by atoms with Crippen molar-refractivity contribution in [1.29, 1.82) is 0 Å². The molecule has 2 N–H and O–H groups in total. The highest BCUT2D eigenvalue weighted by atomic mass is 32.2. The molecule has 4 aromatic rings. The van der Waals surface area contributed by atoms with Gasteiger partial charge in [0.05, 0.1) is 6.42 Å². The molecule has 2 heterocycles. The van der Waals surface area contributed by atoms with Crippen LogP contribution in [0.25, 0.3) is 11.6 Å². The number of aromatic nitrogens is 4. The van der Waals surface area contributed by atoms with Gasteiger partial charge in [0.25, 0.3) is 5.56 Å². The van der Waals surface area contributed by atoms with Crippen molar-refractivity contribution in [3.8, 4) is 11.6 Å². The molecular formula is C25H23N5O2S. The third kappa shape index (κ3) is 5.53. The van der Waals surface area contributed by atoms with E-state index in [9.17, 15) is 9.59 Å². The van der Waals surface area contributed by atoms with E-state index < -0.39 is 0 Å². The van der Waals surface area contributed by atoms with Crippen LogP contribution in [0.4, 0.5) is 5.69 Å². The highest BCUT2D eigenvalue weighted by molar-refractivity contribution is 7.99. The molecule has 4 rings (SSSR count). The molecule has 0 bridgehead atoms. The largest absolute Gasteiger partial charge is 0.326 e. The lowest BCUT2D eigenvalue weighted by molar-refractivity contribution is -0.115. The van der Waals surface area contributed by atoms with E-state index in [1.807, 2.05) is 24.3 Å². The minimum atomic E-state index is -0.375. The second kappa shape index (κ2) is 9.79. The number of amides is 1. The summed E-state index contributed by atoms with van der Waals surface area (Å²) in [6.07, 6.45) is 3.07. The lowest BCUT2D eigenvalue weighted by Gasteiger charge is -2.09. The molecule has 0 saturated carbocycles. The lowest BCUT2D eigenvalue weighted by atomic mass is 10.1. The van der Waals surface area contributed by atoms with E-state index in [4.69, 9.17) is 0 Å². The molecule has 0 radical (unpaired) electrons. The molecule has 0 fully saturated rings. The molecule has 0 aliphatic rings. The summed E-state index contributed by atoms with van der Waals surface area (Å²) in [5.74, 6) is 0.315. The van der Waals surface area contributed by atoms with Gasteiger partial charge in [0.1, 0.15) is 0 Å². The van der Waals surface area contributed by atoms with Gasteiger partial charge in [-0.15, -0.1) is 0 Å². The Morgan fingerprint density at radius 3 is 2.42 bits per heavy atom. The summed E-state index contributed by atoms with van der Waals surface area (Å²) in [5, 5.41) is 2.85. The number of anilines is 1. The van der Waals surface area contributed by atoms with Crippen LogP contribution in [-0.2, 0) is 11.2 Å². The number of aryl methyl sites for hydroxylation is 3. The lowest BCUT2D eigenvalue weighted by Crippen LogP contribution is -2.24. The smallest absolute Gasteiger partial charge is 0.255 e. The van der Waals surface area contributed by atoms with Crippen molar-refractivity contribution >= 4 is 23.4 Å². The van der Waals surface area contributed by atoms with Gasteiger partial charge in [0.2, 0.25) is 5.91 Å². The number of carbonyl (C=O) groups excluding carboxylic acids is 1. The maximum absolute atomic E-state index is 12.6. The van der Waals surface area contributed by atoms with Gasteiger partial charge in [-0.3, -0.25) is 9.59 Å². The van der Waals surface area contributed by atoms with Gasteiger partial charge in [-0.2, -0.15) is 0 Å². The van der Waals surface area contributed by atoms with Crippen LogP contribution >= 0.6 is 11.8 Å². The summed E-state index contributed by atoms with van der Waals surface area (Å²) in [7, 11) is 0. The molecule has 0 aliphatic carbocycles. The third-order valence-electron chi connectivity index (χ3n) is 5.03. The van der Waals surface area contributed by atoms with Gasteiger partial charge in [-0.05, 0) is 62.7 Å². The fourth-order valence-electron chi connectivity index (χ4n) is 3.36. The molecular weight excluding hydrogens is 434 g/mol. The van der Waals surface area contributed by atoms with Crippen molar-refractivity contribution < 1.29 is 4.79 Å². The summed E-state index contributed by atoms with van der Waals surface area (Å²) in [5.41, 5.74) is 3.55. The first-order valence-corrected chi connectivity index (χ1v) is 11.2. The summed E-state index contributed by atoms with van der Waals surface area (Å²) >= 11 is 1.68. The molecule has 166 valence electrons. The van der Waals surface area contributed by atoms with Crippen molar-refractivity contribution in [3.63, 3.8) is 0 Å². The first kappa shape index (κ1) is 22.4. The van der Waals surface area contributed by atoms with Crippen molar-refractivity contribution in [2.75, 3.05) is 5.32 Å². The van der Waals surface area contributed by atoms with E-state index in [0.29, 0.717) is 22.8 Å². The van der Waals surface area contributed by atoms with E-state index in [1.165, 1.54) is 16.0 Å². The van der Waals surface area contributed by atoms with Crippen LogP contribution in [0.15, 0.2) is 75.5 Å². The minimum Gasteiger partial charge on any atom is -0.326 e. The van der Waals surface area contributed by atoms with Crippen LogP contribution in [0, 0.1) is 20.8 Å². The average Bonchev–Trinajstić information content (AvgIpc) is 2.80. The molecule has 0 aliphatic heterocycles. The van der Waals surface area contributed by atoms with E-state index in [-0.39, 0.29) is 23.7 Å². The van der Waals surface area contributed by atoms with Gasteiger partial charge >= 0.3 is 0 Å². The molecule has 33 heavy (non-hydrogen) atoms. The van der Waals surface area contributed by atoms with E-state index in [2.05, 4.69) is 57.3 Å². The van der Waals surface area contributed by atoms with Crippen molar-refractivity contribution in [2.45, 2.75) is 37.0 Å². The number of benzene rings is 2. The summed E-state index contributed by atoms with van der Waals surface area (Å²) in [6.45, 7) is 5.88. The minimum absolute atomic E-state index is 0.0802. The van der Waals surface area contributed by atoms with Crippen LogP contribution in [0.2, 0.25) is 0 Å². The Hall–Kier alpha value is -3.78. The van der Waals surface area contributed by atoms with Crippen molar-refractivity contribution in [1.82, 2.24) is 19.9 Å². The Labute approximate surface area is 195 Å². The molecule has 0 spiro atoms. The van der Waals surface area contributed by atoms with Crippen LogP contribution in [0.5, 0.6) is 0 Å².